The molecule has 1 amide bonds. The topological polar surface area (TPSA) is 64.0 Å². The number of benzene rings is 2. The Labute approximate surface area is 154 Å². The molecule has 0 fully saturated rings. The van der Waals surface area contributed by atoms with Gasteiger partial charge in [-0.25, -0.2) is 9.07 Å². The molecular weight excluding hydrogens is 357 g/mol. The van der Waals surface area contributed by atoms with Gasteiger partial charge in [0.25, 0.3) is 11.7 Å². The van der Waals surface area contributed by atoms with Crippen LogP contribution >= 0.6 is 11.6 Å². The lowest BCUT2D eigenvalue weighted by Crippen LogP contribution is -2.24. The normalized spacial score (nSPS) is 10.6. The lowest BCUT2D eigenvalue weighted by molar-refractivity contribution is -0.112. The van der Waals surface area contributed by atoms with E-state index in [1.165, 1.54) is 6.07 Å². The van der Waals surface area contributed by atoms with E-state index in [9.17, 15) is 14.0 Å². The third-order valence-electron chi connectivity index (χ3n) is 3.90. The van der Waals surface area contributed by atoms with Gasteiger partial charge in [-0.2, -0.15) is 5.10 Å². The fraction of sp³-hybridized carbons (Fsp3) is 0.105. The van der Waals surface area contributed by atoms with Gasteiger partial charge in [-0.1, -0.05) is 29.8 Å². The molecule has 1 heterocycles. The van der Waals surface area contributed by atoms with Crippen LogP contribution in [0.25, 0.3) is 5.69 Å². The van der Waals surface area contributed by atoms with Gasteiger partial charge < -0.3 is 5.32 Å². The van der Waals surface area contributed by atoms with Crippen LogP contribution in [0.3, 0.4) is 0 Å². The fourth-order valence-corrected chi connectivity index (χ4v) is 2.89. The van der Waals surface area contributed by atoms with Crippen LogP contribution in [0.2, 0.25) is 5.02 Å². The summed E-state index contributed by atoms with van der Waals surface area (Å²) in [5.41, 5.74) is 2.17. The molecule has 132 valence electrons. The highest BCUT2D eigenvalue weighted by Gasteiger charge is 2.25. The molecule has 2 aromatic carbocycles. The van der Waals surface area contributed by atoms with Crippen molar-refractivity contribution in [1.29, 1.82) is 0 Å². The molecule has 5 nitrogen and oxygen atoms in total. The predicted molar refractivity (Wildman–Crippen MR) is 97.4 cm³/mol. The van der Waals surface area contributed by atoms with Crippen LogP contribution in [0, 0.1) is 19.7 Å². The number of carbonyl (C=O) groups is 2. The fourth-order valence-electron chi connectivity index (χ4n) is 2.68. The second-order valence-electron chi connectivity index (χ2n) is 5.70. The summed E-state index contributed by atoms with van der Waals surface area (Å²) < 4.78 is 14.7. The van der Waals surface area contributed by atoms with E-state index in [0.717, 1.165) is 17.8 Å². The van der Waals surface area contributed by atoms with Crippen LogP contribution in [0.15, 0.2) is 48.5 Å². The number of carbonyl (C=O) groups excluding carboxylic acids is 2. The average Bonchev–Trinajstić information content (AvgIpc) is 2.92. The van der Waals surface area contributed by atoms with Crippen molar-refractivity contribution in [1.82, 2.24) is 9.78 Å². The van der Waals surface area contributed by atoms with E-state index >= 15 is 0 Å². The van der Waals surface area contributed by atoms with Crippen molar-refractivity contribution >= 4 is 29.0 Å². The van der Waals surface area contributed by atoms with Gasteiger partial charge in [0, 0.05) is 0 Å². The Hall–Kier alpha value is -2.99. The van der Waals surface area contributed by atoms with Gasteiger partial charge >= 0.3 is 0 Å². The zero-order chi connectivity index (χ0) is 18.8. The first-order valence-corrected chi connectivity index (χ1v) is 8.18. The Morgan fingerprint density at radius 1 is 1.12 bits per heavy atom. The molecule has 3 rings (SSSR count). The first-order chi connectivity index (χ1) is 12.4. The second kappa shape index (κ2) is 7.09. The number of nitrogens with zero attached hydrogens (tertiary/aromatic N) is 2. The number of anilines is 1. The van der Waals surface area contributed by atoms with Crippen molar-refractivity contribution in [2.45, 2.75) is 13.8 Å². The van der Waals surface area contributed by atoms with Gasteiger partial charge in [-0.15, -0.1) is 0 Å². The smallest absolute Gasteiger partial charge is 0.296 e. The van der Waals surface area contributed by atoms with E-state index < -0.39 is 17.5 Å². The minimum Gasteiger partial charge on any atom is -0.318 e. The first-order valence-electron chi connectivity index (χ1n) is 7.81. The van der Waals surface area contributed by atoms with Crippen LogP contribution in [0.1, 0.15) is 21.7 Å². The molecule has 0 aliphatic heterocycles. The predicted octanol–water partition coefficient (Wildman–Crippen LogP) is 4.10. The summed E-state index contributed by atoms with van der Waals surface area (Å²) in [6, 6.07) is 12.8. The van der Waals surface area contributed by atoms with Gasteiger partial charge in [0.1, 0.15) is 5.82 Å². The van der Waals surface area contributed by atoms with Gasteiger partial charge in [-0.05, 0) is 44.2 Å². The number of halogens is 2. The van der Waals surface area contributed by atoms with E-state index in [1.807, 2.05) is 30.3 Å². The first kappa shape index (κ1) is 17.8. The van der Waals surface area contributed by atoms with Gasteiger partial charge in [0.15, 0.2) is 0 Å². The molecule has 0 unspecified atom stereocenters. The quantitative estimate of drug-likeness (QED) is 0.554. The maximum absolute atomic E-state index is 13.1. The molecule has 0 atom stereocenters. The molecule has 1 aromatic heterocycles. The van der Waals surface area contributed by atoms with Crippen molar-refractivity contribution in [2.24, 2.45) is 0 Å². The monoisotopic (exact) mass is 371 g/mol. The standard InChI is InChI=1S/C19H15ClFN3O2/c1-11-17(12(2)24(23-11)14-6-4-3-5-7-14)18(25)19(26)22-16-9-8-13(21)10-15(16)20/h3-10H,1-2H3,(H,22,26). The Kier molecular flexibility index (Phi) is 4.86. The lowest BCUT2D eigenvalue weighted by Gasteiger charge is -2.07. The van der Waals surface area contributed by atoms with Crippen molar-refractivity contribution in [3.05, 3.63) is 76.3 Å². The Bertz CT molecular complexity index is 1000. The van der Waals surface area contributed by atoms with E-state index in [0.29, 0.717) is 11.4 Å². The van der Waals surface area contributed by atoms with Gasteiger partial charge in [-0.3, -0.25) is 9.59 Å². The maximum Gasteiger partial charge on any atom is 0.296 e. The number of hydrogen-bond donors (Lipinski definition) is 1. The molecule has 26 heavy (non-hydrogen) atoms. The van der Waals surface area contributed by atoms with Crippen molar-refractivity contribution in [3.63, 3.8) is 0 Å². The summed E-state index contributed by atoms with van der Waals surface area (Å²) in [6.07, 6.45) is 0. The molecule has 0 saturated carbocycles. The van der Waals surface area contributed by atoms with Gasteiger partial charge in [0.05, 0.1) is 33.3 Å². The third-order valence-corrected chi connectivity index (χ3v) is 4.22. The third kappa shape index (κ3) is 3.36. The van der Waals surface area contributed by atoms with Crippen molar-refractivity contribution < 1.29 is 14.0 Å². The van der Waals surface area contributed by atoms with Crippen LogP contribution in [0.5, 0.6) is 0 Å². The highest BCUT2D eigenvalue weighted by atomic mass is 35.5. The number of Topliss-reactive ketones (excluding diaryl/α,β-unsaturated/α-hetero) is 1. The molecule has 7 heteroatoms. The number of amides is 1. The van der Waals surface area contributed by atoms with E-state index in [1.54, 1.807) is 18.5 Å². The minimum atomic E-state index is -0.864. The summed E-state index contributed by atoms with van der Waals surface area (Å²) in [4.78, 5) is 25.0. The Morgan fingerprint density at radius 3 is 2.46 bits per heavy atom. The van der Waals surface area contributed by atoms with Crippen molar-refractivity contribution in [2.75, 3.05) is 5.32 Å². The molecule has 0 spiro atoms. The summed E-state index contributed by atoms with van der Waals surface area (Å²) in [6.45, 7) is 3.39. The zero-order valence-corrected chi connectivity index (χ0v) is 14.8. The summed E-state index contributed by atoms with van der Waals surface area (Å²) >= 11 is 5.89. The minimum absolute atomic E-state index is 0.0135. The van der Waals surface area contributed by atoms with Crippen LogP contribution in [-0.2, 0) is 4.79 Å². The molecule has 0 saturated heterocycles. The molecule has 0 bridgehead atoms. The molecule has 3 aromatic rings. The molecular formula is C19H15ClFN3O2. The number of nitrogens with one attached hydrogen (secondary N) is 1. The Balaban J connectivity index is 1.90. The number of ketones is 1. The molecule has 0 aliphatic carbocycles. The summed E-state index contributed by atoms with van der Waals surface area (Å²) in [5, 5.41) is 6.79. The molecule has 1 N–H and O–H groups in total. The maximum atomic E-state index is 13.1. The molecule has 0 aliphatic rings. The largest absolute Gasteiger partial charge is 0.318 e. The lowest BCUT2D eigenvalue weighted by atomic mass is 10.1. The van der Waals surface area contributed by atoms with Crippen LogP contribution in [0.4, 0.5) is 10.1 Å². The van der Waals surface area contributed by atoms with E-state index in [4.69, 9.17) is 11.6 Å². The highest BCUT2D eigenvalue weighted by molar-refractivity contribution is 6.47. The van der Waals surface area contributed by atoms with Gasteiger partial charge in [0.2, 0.25) is 0 Å². The van der Waals surface area contributed by atoms with E-state index in [-0.39, 0.29) is 16.3 Å². The highest BCUT2D eigenvalue weighted by Crippen LogP contribution is 2.23. The number of hydrogen-bond acceptors (Lipinski definition) is 3. The number of rotatable bonds is 4. The SMILES string of the molecule is Cc1nn(-c2ccccc2)c(C)c1C(=O)C(=O)Nc1ccc(F)cc1Cl. The number of aromatic nitrogens is 2. The Morgan fingerprint density at radius 2 is 1.81 bits per heavy atom. The summed E-state index contributed by atoms with van der Waals surface area (Å²) in [7, 11) is 0. The van der Waals surface area contributed by atoms with Crippen LogP contribution in [-0.4, -0.2) is 21.5 Å². The zero-order valence-electron chi connectivity index (χ0n) is 14.1. The molecule has 0 radical (unpaired) electrons. The van der Waals surface area contributed by atoms with Crippen molar-refractivity contribution in [3.8, 4) is 5.69 Å². The van der Waals surface area contributed by atoms with E-state index in [2.05, 4.69) is 10.4 Å². The second-order valence-corrected chi connectivity index (χ2v) is 6.11. The van der Waals surface area contributed by atoms with Crippen LogP contribution < -0.4 is 5.32 Å². The average molecular weight is 372 g/mol. The number of aryl methyl sites for hydroxylation is 1. The summed E-state index contributed by atoms with van der Waals surface area (Å²) in [5.74, 6) is -2.13. The number of para-hydroxylation sites is 1.